The fraction of sp³-hybridized carbons (Fsp3) is 0.346. The number of benzene rings is 2. The number of anilines is 2. The lowest BCUT2D eigenvalue weighted by Crippen LogP contribution is -2.54. The second kappa shape index (κ2) is 8.17. The summed E-state index contributed by atoms with van der Waals surface area (Å²) >= 11 is 5.31. The maximum atomic E-state index is 13.3. The van der Waals surface area contributed by atoms with Gasteiger partial charge in [-0.2, -0.15) is 0 Å². The minimum absolute atomic E-state index is 0.0798. The molecule has 1 saturated heterocycles. The molecular weight excluding hydrogens is 418 g/mol. The van der Waals surface area contributed by atoms with E-state index in [2.05, 4.69) is 50.0 Å². The zero-order valence-corrected chi connectivity index (χ0v) is 20.0. The van der Waals surface area contributed by atoms with Crippen LogP contribution in [0.3, 0.4) is 0 Å². The van der Waals surface area contributed by atoms with Gasteiger partial charge in [-0.3, -0.25) is 19.8 Å². The summed E-state index contributed by atoms with van der Waals surface area (Å²) in [5.41, 5.74) is 5.12. The van der Waals surface area contributed by atoms with Gasteiger partial charge in [0.15, 0.2) is 5.11 Å². The van der Waals surface area contributed by atoms with Gasteiger partial charge in [0.25, 0.3) is 11.8 Å². The predicted octanol–water partition coefficient (Wildman–Crippen LogP) is 4.94. The zero-order valence-electron chi connectivity index (χ0n) is 19.2. The standard InChI is InChI=1S/C26H29N3O2S/c1-6-28-22-11-10-18(13-20(22)17(3)15-26(28,4)5)14-21-23(30)27-25(32)29(24(21)31)19-9-7-8-16(2)12-19/h7-14,17H,6,15H2,1-5H3,(H,27,30,32)/b21-14+. The number of hydrogen-bond acceptors (Lipinski definition) is 4. The molecule has 0 bridgehead atoms. The number of aryl methyl sites for hydroxylation is 1. The van der Waals surface area contributed by atoms with Crippen LogP contribution in [0.25, 0.3) is 6.08 Å². The van der Waals surface area contributed by atoms with Crippen LogP contribution < -0.4 is 15.1 Å². The monoisotopic (exact) mass is 447 g/mol. The molecule has 1 N–H and O–H groups in total. The molecule has 2 aromatic carbocycles. The van der Waals surface area contributed by atoms with Gasteiger partial charge >= 0.3 is 0 Å². The molecule has 2 aromatic rings. The number of hydrogen-bond donors (Lipinski definition) is 1. The van der Waals surface area contributed by atoms with Gasteiger partial charge in [-0.05, 0) is 99.3 Å². The lowest BCUT2D eigenvalue weighted by molar-refractivity contribution is -0.122. The lowest BCUT2D eigenvalue weighted by atomic mass is 9.79. The van der Waals surface area contributed by atoms with Crippen molar-refractivity contribution in [3.63, 3.8) is 0 Å². The van der Waals surface area contributed by atoms with E-state index in [1.807, 2.05) is 37.3 Å². The summed E-state index contributed by atoms with van der Waals surface area (Å²) in [5, 5.41) is 2.77. The lowest BCUT2D eigenvalue weighted by Gasteiger charge is -2.47. The van der Waals surface area contributed by atoms with Crippen LogP contribution in [-0.4, -0.2) is 29.0 Å². The SMILES string of the molecule is CCN1c2ccc(/C=C3\C(=O)NC(=S)N(c4cccc(C)c4)C3=O)cc2C(C)CC1(C)C. The Kier molecular flexibility index (Phi) is 5.67. The largest absolute Gasteiger partial charge is 0.366 e. The van der Waals surface area contributed by atoms with Gasteiger partial charge in [0.1, 0.15) is 5.57 Å². The summed E-state index contributed by atoms with van der Waals surface area (Å²) in [4.78, 5) is 29.8. The van der Waals surface area contributed by atoms with Crippen molar-refractivity contribution in [2.45, 2.75) is 52.5 Å². The summed E-state index contributed by atoms with van der Waals surface area (Å²) in [7, 11) is 0. The van der Waals surface area contributed by atoms with Crippen molar-refractivity contribution in [3.8, 4) is 0 Å². The Bertz CT molecular complexity index is 1150. The van der Waals surface area contributed by atoms with Crippen LogP contribution in [-0.2, 0) is 9.59 Å². The van der Waals surface area contributed by atoms with Crippen molar-refractivity contribution >= 4 is 46.6 Å². The Hall–Kier alpha value is -2.99. The molecule has 0 radical (unpaired) electrons. The summed E-state index contributed by atoms with van der Waals surface area (Å²) in [6, 6.07) is 13.7. The van der Waals surface area contributed by atoms with Crippen molar-refractivity contribution < 1.29 is 9.59 Å². The molecule has 1 atom stereocenters. The molecule has 2 aliphatic rings. The molecule has 6 heteroatoms. The highest BCUT2D eigenvalue weighted by atomic mass is 32.1. The number of amides is 2. The van der Waals surface area contributed by atoms with Crippen LogP contribution in [0.1, 0.15) is 56.7 Å². The van der Waals surface area contributed by atoms with Gasteiger partial charge in [-0.1, -0.05) is 25.1 Å². The molecule has 4 rings (SSSR count). The number of nitrogens with one attached hydrogen (secondary N) is 1. The van der Waals surface area contributed by atoms with Crippen LogP contribution >= 0.6 is 12.2 Å². The van der Waals surface area contributed by atoms with E-state index in [9.17, 15) is 9.59 Å². The molecule has 1 unspecified atom stereocenters. The van der Waals surface area contributed by atoms with E-state index in [0.717, 1.165) is 24.1 Å². The fourth-order valence-electron chi connectivity index (χ4n) is 5.02. The van der Waals surface area contributed by atoms with Gasteiger partial charge in [-0.15, -0.1) is 0 Å². The minimum atomic E-state index is -0.467. The van der Waals surface area contributed by atoms with Crippen molar-refractivity contribution in [1.82, 2.24) is 5.32 Å². The first-order chi connectivity index (χ1) is 15.1. The first kappa shape index (κ1) is 22.2. The van der Waals surface area contributed by atoms with E-state index in [4.69, 9.17) is 12.2 Å². The quantitative estimate of drug-likeness (QED) is 0.411. The van der Waals surface area contributed by atoms with Gasteiger partial charge in [0.05, 0.1) is 5.69 Å². The summed E-state index contributed by atoms with van der Waals surface area (Å²) in [5.74, 6) is -0.495. The van der Waals surface area contributed by atoms with Crippen molar-refractivity contribution in [1.29, 1.82) is 0 Å². The number of nitrogens with zero attached hydrogens (tertiary/aromatic N) is 2. The molecule has 1 fully saturated rings. The molecule has 0 saturated carbocycles. The molecule has 5 nitrogen and oxygen atoms in total. The van der Waals surface area contributed by atoms with Crippen LogP contribution in [0.15, 0.2) is 48.0 Å². The average Bonchev–Trinajstić information content (AvgIpc) is 2.71. The Morgan fingerprint density at radius 3 is 2.62 bits per heavy atom. The third kappa shape index (κ3) is 3.84. The van der Waals surface area contributed by atoms with Crippen LogP contribution in [0.4, 0.5) is 11.4 Å². The van der Waals surface area contributed by atoms with E-state index in [1.54, 1.807) is 6.08 Å². The molecule has 2 amide bonds. The van der Waals surface area contributed by atoms with Gasteiger partial charge < -0.3 is 4.90 Å². The van der Waals surface area contributed by atoms with E-state index >= 15 is 0 Å². The summed E-state index contributed by atoms with van der Waals surface area (Å²) in [6.07, 6.45) is 2.72. The molecule has 2 aliphatic heterocycles. The highest BCUT2D eigenvalue weighted by Gasteiger charge is 2.36. The third-order valence-corrected chi connectivity index (χ3v) is 6.68. The van der Waals surface area contributed by atoms with E-state index < -0.39 is 11.8 Å². The molecule has 166 valence electrons. The second-order valence-electron chi connectivity index (χ2n) is 9.28. The van der Waals surface area contributed by atoms with Gasteiger partial charge in [0, 0.05) is 17.8 Å². The maximum Gasteiger partial charge on any atom is 0.270 e. The molecule has 0 spiro atoms. The number of carbonyl (C=O) groups is 2. The maximum absolute atomic E-state index is 13.3. The van der Waals surface area contributed by atoms with Crippen LogP contribution in [0.2, 0.25) is 0 Å². The normalized spacial score (nSPS) is 21.6. The number of fused-ring (bicyclic) bond motifs is 1. The van der Waals surface area contributed by atoms with Crippen molar-refractivity contribution in [2.75, 3.05) is 16.3 Å². The fourth-order valence-corrected chi connectivity index (χ4v) is 5.30. The van der Waals surface area contributed by atoms with Crippen molar-refractivity contribution in [3.05, 3.63) is 64.7 Å². The summed E-state index contributed by atoms with van der Waals surface area (Å²) in [6.45, 7) is 11.8. The Labute approximate surface area is 195 Å². The average molecular weight is 448 g/mol. The Morgan fingerprint density at radius 2 is 1.94 bits per heavy atom. The topological polar surface area (TPSA) is 52.7 Å². The first-order valence-corrected chi connectivity index (χ1v) is 11.4. The van der Waals surface area contributed by atoms with Gasteiger partial charge in [0.2, 0.25) is 0 Å². The molecule has 2 heterocycles. The van der Waals surface area contributed by atoms with Crippen LogP contribution in [0.5, 0.6) is 0 Å². The van der Waals surface area contributed by atoms with E-state index in [-0.39, 0.29) is 16.2 Å². The van der Waals surface area contributed by atoms with Gasteiger partial charge in [-0.25, -0.2) is 0 Å². The second-order valence-corrected chi connectivity index (χ2v) is 9.66. The number of carbonyl (C=O) groups excluding carboxylic acids is 2. The molecule has 0 aromatic heterocycles. The minimum Gasteiger partial charge on any atom is -0.366 e. The molecule has 0 aliphatic carbocycles. The summed E-state index contributed by atoms with van der Waals surface area (Å²) < 4.78 is 0. The zero-order chi connectivity index (χ0) is 23.2. The van der Waals surface area contributed by atoms with Crippen LogP contribution in [0, 0.1) is 6.92 Å². The molecule has 32 heavy (non-hydrogen) atoms. The predicted molar refractivity (Wildman–Crippen MR) is 134 cm³/mol. The van der Waals surface area contributed by atoms with E-state index in [0.29, 0.717) is 11.6 Å². The smallest absolute Gasteiger partial charge is 0.270 e. The Morgan fingerprint density at radius 1 is 1.19 bits per heavy atom. The van der Waals surface area contributed by atoms with E-state index in [1.165, 1.54) is 16.2 Å². The number of thiocarbonyl (C=S) groups is 1. The Balaban J connectivity index is 1.73. The number of rotatable bonds is 3. The van der Waals surface area contributed by atoms with Crippen molar-refractivity contribution in [2.24, 2.45) is 0 Å². The highest BCUT2D eigenvalue weighted by molar-refractivity contribution is 7.80. The highest BCUT2D eigenvalue weighted by Crippen LogP contribution is 2.43. The molecular formula is C26H29N3O2S. The first-order valence-electron chi connectivity index (χ1n) is 11.0. The third-order valence-electron chi connectivity index (χ3n) is 6.40.